The maximum atomic E-state index is 5.88. The van der Waals surface area contributed by atoms with Crippen molar-refractivity contribution in [1.82, 2.24) is 9.97 Å². The molecule has 18 heavy (non-hydrogen) atoms. The van der Waals surface area contributed by atoms with Crippen molar-refractivity contribution >= 4 is 35.1 Å². The molecule has 0 fully saturated rings. The lowest BCUT2D eigenvalue weighted by Gasteiger charge is -2.01. The topological polar surface area (TPSA) is 50.2 Å². The van der Waals surface area contributed by atoms with Crippen LogP contribution in [0.4, 0.5) is 5.69 Å². The van der Waals surface area contributed by atoms with Gasteiger partial charge in [-0.3, -0.25) is 5.43 Å². The minimum atomic E-state index is 0.268. The Labute approximate surface area is 115 Å². The van der Waals surface area contributed by atoms with Crippen LogP contribution in [-0.4, -0.2) is 16.2 Å². The molecule has 4 nitrogen and oxygen atoms in total. The zero-order valence-corrected chi connectivity index (χ0v) is 11.1. The molecule has 2 rings (SSSR count). The summed E-state index contributed by atoms with van der Waals surface area (Å²) in [7, 11) is 0. The van der Waals surface area contributed by atoms with Gasteiger partial charge in [0.2, 0.25) is 0 Å². The second-order valence-electron chi connectivity index (χ2n) is 3.60. The van der Waals surface area contributed by atoms with Gasteiger partial charge in [-0.2, -0.15) is 5.10 Å². The number of hydrogen-bond donors (Lipinski definition) is 1. The van der Waals surface area contributed by atoms with Crippen LogP contribution < -0.4 is 5.43 Å². The Morgan fingerprint density at radius 2 is 1.72 bits per heavy atom. The summed E-state index contributed by atoms with van der Waals surface area (Å²) in [5, 5.41) is 4.58. The monoisotopic (exact) mass is 280 g/mol. The molecular weight excluding hydrogens is 271 g/mol. The fourth-order valence-electron chi connectivity index (χ4n) is 1.26. The molecule has 92 valence electrons. The van der Waals surface area contributed by atoms with Gasteiger partial charge < -0.3 is 0 Å². The van der Waals surface area contributed by atoms with E-state index in [-0.39, 0.29) is 10.3 Å². The molecule has 0 saturated heterocycles. The van der Waals surface area contributed by atoms with E-state index >= 15 is 0 Å². The number of aromatic nitrogens is 2. The quantitative estimate of drug-likeness (QED) is 0.532. The zero-order valence-electron chi connectivity index (χ0n) is 9.56. The first-order chi connectivity index (χ1) is 8.66. The second kappa shape index (κ2) is 5.80. The minimum absolute atomic E-state index is 0.268. The van der Waals surface area contributed by atoms with Crippen molar-refractivity contribution in [1.29, 1.82) is 0 Å². The highest BCUT2D eigenvalue weighted by Gasteiger charge is 2.04. The van der Waals surface area contributed by atoms with E-state index in [4.69, 9.17) is 23.2 Å². The van der Waals surface area contributed by atoms with E-state index < -0.39 is 0 Å². The van der Waals surface area contributed by atoms with E-state index in [0.717, 1.165) is 5.69 Å². The summed E-state index contributed by atoms with van der Waals surface area (Å²) in [4.78, 5) is 7.66. The van der Waals surface area contributed by atoms with Crippen molar-refractivity contribution in [2.75, 3.05) is 5.43 Å². The van der Waals surface area contributed by atoms with Crippen molar-refractivity contribution in [3.8, 4) is 0 Å². The molecule has 0 atom stereocenters. The number of aryl methyl sites for hydroxylation is 1. The summed E-state index contributed by atoms with van der Waals surface area (Å²) in [6.45, 7) is 2.02. The number of anilines is 1. The highest BCUT2D eigenvalue weighted by atomic mass is 35.5. The van der Waals surface area contributed by atoms with E-state index in [1.807, 2.05) is 31.2 Å². The zero-order chi connectivity index (χ0) is 13.0. The van der Waals surface area contributed by atoms with Crippen molar-refractivity contribution in [3.05, 3.63) is 52.0 Å². The van der Waals surface area contributed by atoms with Gasteiger partial charge in [-0.1, -0.05) is 40.9 Å². The third-order valence-corrected chi connectivity index (χ3v) is 2.83. The van der Waals surface area contributed by atoms with Crippen LogP contribution in [0.25, 0.3) is 0 Å². The van der Waals surface area contributed by atoms with E-state index in [2.05, 4.69) is 20.5 Å². The van der Waals surface area contributed by atoms with Crippen molar-refractivity contribution in [2.24, 2.45) is 5.10 Å². The second-order valence-corrected chi connectivity index (χ2v) is 4.32. The summed E-state index contributed by atoms with van der Waals surface area (Å²) >= 11 is 11.8. The predicted octanol–water partition coefficient (Wildman–Crippen LogP) is 3.54. The molecule has 0 unspecified atom stereocenters. The fourth-order valence-corrected chi connectivity index (χ4v) is 1.67. The summed E-state index contributed by atoms with van der Waals surface area (Å²) in [5.74, 6) is 0. The van der Waals surface area contributed by atoms with Gasteiger partial charge in [-0.15, -0.1) is 0 Å². The Balaban J connectivity index is 2.10. The lowest BCUT2D eigenvalue weighted by Crippen LogP contribution is -1.95. The average molecular weight is 281 g/mol. The third-order valence-electron chi connectivity index (χ3n) is 2.23. The Morgan fingerprint density at radius 3 is 2.33 bits per heavy atom. The number of halogens is 2. The van der Waals surface area contributed by atoms with Gasteiger partial charge in [0.1, 0.15) is 16.6 Å². The molecule has 0 bridgehead atoms. The lowest BCUT2D eigenvalue weighted by molar-refractivity contribution is 1.16. The van der Waals surface area contributed by atoms with Crippen LogP contribution in [0.5, 0.6) is 0 Å². The Bertz CT molecular complexity index is 547. The van der Waals surface area contributed by atoms with E-state index in [1.165, 1.54) is 18.1 Å². The maximum absolute atomic E-state index is 5.88. The highest BCUT2D eigenvalue weighted by molar-refractivity contribution is 6.37. The molecule has 1 aromatic heterocycles. The number of benzene rings is 1. The summed E-state index contributed by atoms with van der Waals surface area (Å²) in [6, 6.07) is 7.83. The van der Waals surface area contributed by atoms with Crippen LogP contribution in [0, 0.1) is 6.92 Å². The molecule has 2 aromatic rings. The molecule has 0 aliphatic carbocycles. The van der Waals surface area contributed by atoms with Crippen LogP contribution >= 0.6 is 23.2 Å². The number of nitrogens with one attached hydrogen (secondary N) is 1. The molecule has 1 heterocycles. The first kappa shape index (κ1) is 12.8. The van der Waals surface area contributed by atoms with Crippen molar-refractivity contribution in [2.45, 2.75) is 6.92 Å². The third kappa shape index (κ3) is 3.18. The van der Waals surface area contributed by atoms with Crippen LogP contribution in [0.3, 0.4) is 0 Å². The van der Waals surface area contributed by atoms with Gasteiger partial charge >= 0.3 is 0 Å². The molecule has 1 N–H and O–H groups in total. The molecule has 0 amide bonds. The fraction of sp³-hybridized carbons (Fsp3) is 0.0833. The molecule has 0 aliphatic rings. The standard InChI is InChI=1S/C12H10Cl2N4/c1-8-2-4-9(5-3-8)18-17-6-10-11(13)15-7-16-12(10)14/h2-7,18H,1H3/b17-6-. The Kier molecular flexibility index (Phi) is 4.12. The SMILES string of the molecule is Cc1ccc(N/N=C\c2c(Cl)ncnc2Cl)cc1. The van der Waals surface area contributed by atoms with Gasteiger partial charge in [0.25, 0.3) is 0 Å². The number of nitrogens with zero attached hydrogens (tertiary/aromatic N) is 3. The van der Waals surface area contributed by atoms with Crippen molar-refractivity contribution < 1.29 is 0 Å². The number of rotatable bonds is 3. The molecule has 6 heteroatoms. The minimum Gasteiger partial charge on any atom is -0.279 e. The number of hydrogen-bond acceptors (Lipinski definition) is 4. The molecule has 1 aromatic carbocycles. The van der Waals surface area contributed by atoms with Gasteiger partial charge in [-0.25, -0.2) is 9.97 Å². The normalized spacial score (nSPS) is 10.8. The van der Waals surface area contributed by atoms with E-state index in [0.29, 0.717) is 5.56 Å². The van der Waals surface area contributed by atoms with Gasteiger partial charge in [0, 0.05) is 0 Å². The molecule has 0 spiro atoms. The predicted molar refractivity (Wildman–Crippen MR) is 74.4 cm³/mol. The lowest BCUT2D eigenvalue weighted by atomic mass is 10.2. The number of hydrazone groups is 1. The van der Waals surface area contributed by atoms with Gasteiger partial charge in [-0.05, 0) is 19.1 Å². The largest absolute Gasteiger partial charge is 0.279 e. The van der Waals surface area contributed by atoms with Gasteiger partial charge in [0.15, 0.2) is 0 Å². The summed E-state index contributed by atoms with van der Waals surface area (Å²) in [6.07, 6.45) is 2.79. The first-order valence-electron chi connectivity index (χ1n) is 5.18. The Hall–Kier alpha value is -1.65. The van der Waals surface area contributed by atoms with Gasteiger partial charge in [0.05, 0.1) is 17.5 Å². The average Bonchev–Trinajstić information content (AvgIpc) is 2.35. The van der Waals surface area contributed by atoms with E-state index in [9.17, 15) is 0 Å². The first-order valence-corrected chi connectivity index (χ1v) is 5.94. The Morgan fingerprint density at radius 1 is 1.11 bits per heavy atom. The van der Waals surface area contributed by atoms with Crippen LogP contribution in [-0.2, 0) is 0 Å². The summed E-state index contributed by atoms with van der Waals surface area (Å²) < 4.78 is 0. The maximum Gasteiger partial charge on any atom is 0.142 e. The van der Waals surface area contributed by atoms with Crippen LogP contribution in [0.15, 0.2) is 35.7 Å². The summed E-state index contributed by atoms with van der Waals surface area (Å²) in [5.41, 5.74) is 5.42. The smallest absolute Gasteiger partial charge is 0.142 e. The molecule has 0 saturated carbocycles. The van der Waals surface area contributed by atoms with Crippen molar-refractivity contribution in [3.63, 3.8) is 0 Å². The van der Waals surface area contributed by atoms with E-state index in [1.54, 1.807) is 0 Å². The molecule has 0 radical (unpaired) electrons. The molecule has 0 aliphatic heterocycles. The van der Waals surface area contributed by atoms with Crippen LogP contribution in [0.2, 0.25) is 10.3 Å². The van der Waals surface area contributed by atoms with Crippen LogP contribution in [0.1, 0.15) is 11.1 Å². The molecular formula is C12H10Cl2N4. The highest BCUT2D eigenvalue weighted by Crippen LogP contribution is 2.17.